The Morgan fingerprint density at radius 2 is 0.944 bits per heavy atom. The number of nitrogens with one attached hydrogen (secondary N) is 1. The van der Waals surface area contributed by atoms with Gasteiger partial charge >= 0.3 is 13.8 Å². The van der Waals surface area contributed by atoms with E-state index in [1.807, 2.05) is 0 Å². The van der Waals surface area contributed by atoms with Crippen molar-refractivity contribution in [3.8, 4) is 0 Å². The minimum atomic E-state index is -4.41. The molecule has 320 valence electrons. The summed E-state index contributed by atoms with van der Waals surface area (Å²) >= 11 is 0. The summed E-state index contributed by atoms with van der Waals surface area (Å²) < 4.78 is 26.9. The number of phosphoric ester groups is 1. The molecule has 0 radical (unpaired) electrons. The molecule has 0 aliphatic heterocycles. The standard InChI is InChI=1S/C44H86NO8P/c1-3-5-7-9-11-13-15-17-19-20-21-23-25-27-29-31-33-35-37-44(48)51-40-42(46)41-53-54(49,50)52-39-38-45-43(47)36-34-32-30-28-26-24-22-18-16-14-12-10-8-6-4-2/h18,22,42,46H,3-17,19-21,23-41H2,1-2H3,(H,45,47)(H,49,50)/b22-18-. The molecule has 0 fully saturated rings. The molecule has 0 saturated heterocycles. The molecule has 0 rings (SSSR count). The normalized spacial score (nSPS) is 13.3. The fourth-order valence-electron chi connectivity index (χ4n) is 6.49. The zero-order chi connectivity index (χ0) is 39.6. The molecule has 0 heterocycles. The number of hydrogen-bond donors (Lipinski definition) is 3. The first-order chi connectivity index (χ1) is 26.3. The Labute approximate surface area is 332 Å². The molecule has 3 N–H and O–H groups in total. The lowest BCUT2D eigenvalue weighted by Crippen LogP contribution is -2.27. The topological polar surface area (TPSA) is 131 Å². The Balaban J connectivity index is 3.56. The average Bonchev–Trinajstić information content (AvgIpc) is 3.16. The number of hydrogen-bond acceptors (Lipinski definition) is 7. The molecule has 0 aliphatic rings. The SMILES string of the molecule is CCCCCCCC/C=C\CCCCCCCC(=O)NCCOP(=O)(O)OCC(O)COC(=O)CCCCCCCCCCCCCCCCCCCC. The molecular weight excluding hydrogens is 701 g/mol. The van der Waals surface area contributed by atoms with Gasteiger partial charge in [-0.15, -0.1) is 0 Å². The van der Waals surface area contributed by atoms with Crippen LogP contribution in [0.1, 0.15) is 226 Å². The van der Waals surface area contributed by atoms with Crippen molar-refractivity contribution in [2.24, 2.45) is 0 Å². The van der Waals surface area contributed by atoms with Gasteiger partial charge in [0.25, 0.3) is 0 Å². The first-order valence-electron chi connectivity index (χ1n) is 22.7. The predicted molar refractivity (Wildman–Crippen MR) is 225 cm³/mol. The molecule has 0 spiro atoms. The highest BCUT2D eigenvalue weighted by Crippen LogP contribution is 2.42. The van der Waals surface area contributed by atoms with Crippen LogP contribution in [0.15, 0.2) is 12.2 Å². The lowest BCUT2D eigenvalue weighted by molar-refractivity contribution is -0.147. The number of aliphatic hydroxyl groups is 1. The highest BCUT2D eigenvalue weighted by Gasteiger charge is 2.23. The van der Waals surface area contributed by atoms with E-state index in [0.717, 1.165) is 44.9 Å². The van der Waals surface area contributed by atoms with Crippen LogP contribution >= 0.6 is 7.82 Å². The average molecular weight is 788 g/mol. The van der Waals surface area contributed by atoms with E-state index in [0.29, 0.717) is 6.42 Å². The summed E-state index contributed by atoms with van der Waals surface area (Å²) in [6.07, 6.45) is 42.8. The maximum atomic E-state index is 12.1. The number of amides is 1. The van der Waals surface area contributed by atoms with Crippen molar-refractivity contribution in [2.75, 3.05) is 26.4 Å². The molecule has 0 bridgehead atoms. The van der Waals surface area contributed by atoms with Gasteiger partial charge in [-0.05, 0) is 38.5 Å². The summed E-state index contributed by atoms with van der Waals surface area (Å²) in [5.41, 5.74) is 0. The Morgan fingerprint density at radius 1 is 0.556 bits per heavy atom. The third-order valence-corrected chi connectivity index (χ3v) is 10.9. The summed E-state index contributed by atoms with van der Waals surface area (Å²) in [7, 11) is -4.41. The van der Waals surface area contributed by atoms with Gasteiger partial charge in [0.15, 0.2) is 0 Å². The number of carbonyl (C=O) groups excluding carboxylic acids is 2. The van der Waals surface area contributed by atoms with E-state index in [4.69, 9.17) is 13.8 Å². The van der Waals surface area contributed by atoms with E-state index in [9.17, 15) is 24.2 Å². The summed E-state index contributed by atoms with van der Waals surface area (Å²) in [5, 5.41) is 12.7. The Hall–Kier alpha value is -1.25. The first-order valence-corrected chi connectivity index (χ1v) is 24.2. The predicted octanol–water partition coefficient (Wildman–Crippen LogP) is 12.6. The molecule has 0 aromatic carbocycles. The van der Waals surface area contributed by atoms with Crippen LogP contribution in [0.4, 0.5) is 0 Å². The number of rotatable bonds is 43. The number of phosphoric acid groups is 1. The highest BCUT2D eigenvalue weighted by molar-refractivity contribution is 7.47. The van der Waals surface area contributed by atoms with Crippen LogP contribution in [-0.4, -0.2) is 54.3 Å². The maximum Gasteiger partial charge on any atom is 0.472 e. The molecule has 2 atom stereocenters. The van der Waals surface area contributed by atoms with Crippen molar-refractivity contribution in [3.63, 3.8) is 0 Å². The molecule has 0 aromatic rings. The molecule has 2 unspecified atom stereocenters. The fourth-order valence-corrected chi connectivity index (χ4v) is 7.25. The number of allylic oxidation sites excluding steroid dienone is 2. The number of unbranched alkanes of at least 4 members (excludes halogenated alkanes) is 28. The van der Waals surface area contributed by atoms with Gasteiger partial charge in [0.1, 0.15) is 12.7 Å². The molecular formula is C44H86NO8P. The maximum absolute atomic E-state index is 12.1. The minimum Gasteiger partial charge on any atom is -0.463 e. The second kappa shape index (κ2) is 41.4. The summed E-state index contributed by atoms with van der Waals surface area (Å²) in [4.78, 5) is 33.9. The number of aliphatic hydroxyl groups excluding tert-OH is 1. The largest absolute Gasteiger partial charge is 0.472 e. The number of esters is 1. The Morgan fingerprint density at radius 3 is 1.39 bits per heavy atom. The van der Waals surface area contributed by atoms with Crippen LogP contribution in [0, 0.1) is 0 Å². The number of ether oxygens (including phenoxy) is 1. The number of carbonyl (C=O) groups is 2. The minimum absolute atomic E-state index is 0.0808. The van der Waals surface area contributed by atoms with Crippen LogP contribution in [0.25, 0.3) is 0 Å². The second-order valence-electron chi connectivity index (χ2n) is 15.4. The van der Waals surface area contributed by atoms with Gasteiger partial charge in [-0.25, -0.2) is 4.57 Å². The molecule has 10 heteroatoms. The van der Waals surface area contributed by atoms with Gasteiger partial charge in [-0.2, -0.15) is 0 Å². The molecule has 0 aliphatic carbocycles. The third kappa shape index (κ3) is 41.9. The van der Waals surface area contributed by atoms with E-state index in [1.165, 1.54) is 154 Å². The lowest BCUT2D eigenvalue weighted by Gasteiger charge is -2.15. The summed E-state index contributed by atoms with van der Waals surface area (Å²) in [6.45, 7) is 3.57. The molecule has 0 aromatic heterocycles. The van der Waals surface area contributed by atoms with Crippen molar-refractivity contribution in [1.82, 2.24) is 5.32 Å². The van der Waals surface area contributed by atoms with E-state index >= 15 is 0 Å². The van der Waals surface area contributed by atoms with Gasteiger partial charge in [0.2, 0.25) is 5.91 Å². The van der Waals surface area contributed by atoms with Crippen LogP contribution in [0.3, 0.4) is 0 Å². The molecule has 1 amide bonds. The highest BCUT2D eigenvalue weighted by atomic mass is 31.2. The van der Waals surface area contributed by atoms with E-state index in [2.05, 4.69) is 31.3 Å². The zero-order valence-electron chi connectivity index (χ0n) is 35.2. The molecule has 54 heavy (non-hydrogen) atoms. The van der Waals surface area contributed by atoms with Gasteiger partial charge in [0.05, 0.1) is 13.2 Å². The van der Waals surface area contributed by atoms with Gasteiger partial charge in [-0.3, -0.25) is 18.6 Å². The van der Waals surface area contributed by atoms with Gasteiger partial charge in [0, 0.05) is 19.4 Å². The van der Waals surface area contributed by atoms with E-state index < -0.39 is 26.5 Å². The van der Waals surface area contributed by atoms with Crippen molar-refractivity contribution >= 4 is 19.7 Å². The van der Waals surface area contributed by atoms with Crippen molar-refractivity contribution in [2.45, 2.75) is 232 Å². The van der Waals surface area contributed by atoms with Gasteiger partial charge in [-0.1, -0.05) is 187 Å². The Bertz CT molecular complexity index is 902. The monoisotopic (exact) mass is 788 g/mol. The van der Waals surface area contributed by atoms with E-state index in [1.54, 1.807) is 0 Å². The third-order valence-electron chi connectivity index (χ3n) is 9.95. The smallest absolute Gasteiger partial charge is 0.463 e. The first kappa shape index (κ1) is 52.8. The van der Waals surface area contributed by atoms with Crippen LogP contribution in [-0.2, 0) is 27.9 Å². The van der Waals surface area contributed by atoms with E-state index in [-0.39, 0.29) is 32.1 Å². The van der Waals surface area contributed by atoms with Crippen LogP contribution < -0.4 is 5.32 Å². The van der Waals surface area contributed by atoms with Crippen molar-refractivity contribution < 1.29 is 37.9 Å². The second-order valence-corrected chi connectivity index (χ2v) is 16.8. The fraction of sp³-hybridized carbons (Fsp3) is 0.909. The molecule has 0 saturated carbocycles. The molecule has 9 nitrogen and oxygen atoms in total. The van der Waals surface area contributed by atoms with Crippen molar-refractivity contribution in [3.05, 3.63) is 12.2 Å². The van der Waals surface area contributed by atoms with Gasteiger partial charge < -0.3 is 20.1 Å². The van der Waals surface area contributed by atoms with Crippen LogP contribution in [0.2, 0.25) is 0 Å². The summed E-state index contributed by atoms with van der Waals surface area (Å²) in [5.74, 6) is -0.515. The summed E-state index contributed by atoms with van der Waals surface area (Å²) in [6, 6.07) is 0. The lowest BCUT2D eigenvalue weighted by atomic mass is 10.0. The quantitative estimate of drug-likeness (QED) is 0.0241. The zero-order valence-corrected chi connectivity index (χ0v) is 36.1. The Kier molecular flexibility index (Phi) is 40.4. The van der Waals surface area contributed by atoms with Crippen LogP contribution in [0.5, 0.6) is 0 Å². The van der Waals surface area contributed by atoms with Crippen molar-refractivity contribution in [1.29, 1.82) is 0 Å².